The minimum Gasteiger partial charge on any atom is -0.372 e. The summed E-state index contributed by atoms with van der Waals surface area (Å²) in [6.45, 7) is 14.9. The summed E-state index contributed by atoms with van der Waals surface area (Å²) in [6.07, 6.45) is 20.9. The van der Waals surface area contributed by atoms with Crippen LogP contribution in [0.3, 0.4) is 0 Å². The van der Waals surface area contributed by atoms with Gasteiger partial charge in [-0.05, 0) is 59.4 Å². The van der Waals surface area contributed by atoms with E-state index in [4.69, 9.17) is 0 Å². The van der Waals surface area contributed by atoms with E-state index >= 15 is 0 Å². The molecule has 2 rings (SSSR count). The quantitative estimate of drug-likeness (QED) is 0.270. The molecule has 1 aliphatic rings. The van der Waals surface area contributed by atoms with Gasteiger partial charge in [0.15, 0.2) is 0 Å². The molecule has 0 aromatic heterocycles. The largest absolute Gasteiger partial charge is 0.372 e. The number of benzene rings is 1. The Hall–Kier alpha value is -3.37. The normalized spacial score (nSPS) is 15.0. The number of nitrogens with one attached hydrogen (secondary N) is 2. The van der Waals surface area contributed by atoms with Gasteiger partial charge in [-0.2, -0.15) is 0 Å². The number of rotatable bonds is 13. The molecule has 33 heavy (non-hydrogen) atoms. The van der Waals surface area contributed by atoms with Gasteiger partial charge < -0.3 is 10.3 Å². The van der Waals surface area contributed by atoms with Crippen molar-refractivity contribution >= 4 is 17.0 Å². The van der Waals surface area contributed by atoms with Crippen molar-refractivity contribution < 1.29 is 0 Å². The van der Waals surface area contributed by atoms with Gasteiger partial charge in [-0.3, -0.25) is 4.99 Å². The molecule has 0 saturated heterocycles. The molecule has 1 aromatic carbocycles. The maximum absolute atomic E-state index is 4.48. The van der Waals surface area contributed by atoms with Crippen molar-refractivity contribution in [3.05, 3.63) is 109 Å². The average molecular weight is 443 g/mol. The number of aliphatic imine (C=N–C) groups is 1. The Bertz CT molecular complexity index is 950. The fraction of sp³-hybridized carbons (Fsp3) is 0.276. The zero-order valence-electron chi connectivity index (χ0n) is 20.3. The third-order valence-corrected chi connectivity index (χ3v) is 5.18. The molecule has 2 N–H and O–H groups in total. The minimum absolute atomic E-state index is 0.831. The molecular weight excluding hydrogens is 404 g/mol. The van der Waals surface area contributed by atoms with E-state index in [1.54, 1.807) is 6.20 Å². The van der Waals surface area contributed by atoms with Crippen molar-refractivity contribution in [2.75, 3.05) is 25.0 Å². The van der Waals surface area contributed by atoms with E-state index in [9.17, 15) is 0 Å². The smallest absolute Gasteiger partial charge is 0.0441 e. The number of anilines is 1. The molecule has 0 radical (unpaired) electrons. The van der Waals surface area contributed by atoms with E-state index in [-0.39, 0.29) is 0 Å². The van der Waals surface area contributed by atoms with Crippen LogP contribution in [0.2, 0.25) is 0 Å². The zero-order chi connectivity index (χ0) is 23.9. The van der Waals surface area contributed by atoms with Crippen molar-refractivity contribution in [2.45, 2.75) is 33.1 Å². The number of allylic oxidation sites excluding steroid dienone is 10. The summed E-state index contributed by atoms with van der Waals surface area (Å²) < 4.78 is 0. The molecule has 0 spiro atoms. The Morgan fingerprint density at radius 3 is 2.30 bits per heavy atom. The van der Waals surface area contributed by atoms with Gasteiger partial charge in [0.25, 0.3) is 0 Å². The first kappa shape index (κ1) is 25.9. The van der Waals surface area contributed by atoms with Gasteiger partial charge in [-0.15, -0.1) is 0 Å². The highest BCUT2D eigenvalue weighted by Gasteiger charge is 2.06. The van der Waals surface area contributed by atoms with E-state index in [2.05, 4.69) is 84.2 Å². The monoisotopic (exact) mass is 442 g/mol. The van der Waals surface area contributed by atoms with Crippen LogP contribution in [0.15, 0.2) is 108 Å². The zero-order valence-corrected chi connectivity index (χ0v) is 20.3. The second kappa shape index (κ2) is 14.6. The first-order valence-electron chi connectivity index (χ1n) is 11.7. The van der Waals surface area contributed by atoms with Crippen molar-refractivity contribution in [2.24, 2.45) is 4.99 Å². The number of nitrogens with zero attached hydrogens (tertiary/aromatic N) is 2. The van der Waals surface area contributed by atoms with E-state index < -0.39 is 0 Å². The Balaban J connectivity index is 2.10. The van der Waals surface area contributed by atoms with E-state index in [0.29, 0.717) is 0 Å². The van der Waals surface area contributed by atoms with Gasteiger partial charge >= 0.3 is 0 Å². The van der Waals surface area contributed by atoms with Gasteiger partial charge in [0, 0.05) is 50.4 Å². The molecule has 0 heterocycles. The molecule has 0 aliphatic heterocycles. The fourth-order valence-corrected chi connectivity index (χ4v) is 3.38. The Morgan fingerprint density at radius 2 is 1.70 bits per heavy atom. The van der Waals surface area contributed by atoms with Crippen LogP contribution in [0.1, 0.15) is 38.7 Å². The summed E-state index contributed by atoms with van der Waals surface area (Å²) >= 11 is 0. The lowest BCUT2D eigenvalue weighted by Gasteiger charge is -2.24. The molecule has 0 bridgehead atoms. The Morgan fingerprint density at radius 1 is 1.00 bits per heavy atom. The third kappa shape index (κ3) is 8.95. The molecule has 1 aliphatic carbocycles. The average Bonchev–Trinajstić information content (AvgIpc) is 2.84. The van der Waals surface area contributed by atoms with Crippen LogP contribution in [0, 0.1) is 0 Å². The summed E-state index contributed by atoms with van der Waals surface area (Å²) in [7, 11) is 1.85. The second-order valence-electron chi connectivity index (χ2n) is 7.84. The first-order valence-corrected chi connectivity index (χ1v) is 11.7. The molecule has 4 heteroatoms. The highest BCUT2D eigenvalue weighted by molar-refractivity contribution is 5.97. The predicted octanol–water partition coefficient (Wildman–Crippen LogP) is 6.52. The topological polar surface area (TPSA) is 39.7 Å². The van der Waals surface area contributed by atoms with Gasteiger partial charge in [0.1, 0.15) is 0 Å². The van der Waals surface area contributed by atoms with E-state index in [1.165, 1.54) is 5.69 Å². The maximum Gasteiger partial charge on any atom is 0.0441 e. The van der Waals surface area contributed by atoms with Crippen LogP contribution >= 0.6 is 0 Å². The van der Waals surface area contributed by atoms with Crippen molar-refractivity contribution in [1.29, 1.82) is 0 Å². The number of hydrogen-bond acceptors (Lipinski definition) is 4. The second-order valence-corrected chi connectivity index (χ2v) is 7.84. The maximum atomic E-state index is 4.48. The highest BCUT2D eigenvalue weighted by atomic mass is 15.3. The summed E-state index contributed by atoms with van der Waals surface area (Å²) in [6, 6.07) is 8.74. The van der Waals surface area contributed by atoms with Gasteiger partial charge in [0.2, 0.25) is 0 Å². The minimum atomic E-state index is 0.831. The highest BCUT2D eigenvalue weighted by Crippen LogP contribution is 2.22. The molecule has 0 amide bonds. The SMILES string of the molecule is C=C(/C=C\N=C1\C=CC=CC1)C(=C)/C=C\C(=C/NNC)c1ccc(N(CCC)CCC)cc1. The van der Waals surface area contributed by atoms with Crippen molar-refractivity contribution in [3.63, 3.8) is 0 Å². The predicted molar refractivity (Wildman–Crippen MR) is 146 cm³/mol. The Labute approximate surface area is 200 Å². The summed E-state index contributed by atoms with van der Waals surface area (Å²) in [4.78, 5) is 6.92. The lowest BCUT2D eigenvalue weighted by Crippen LogP contribution is -2.24. The molecule has 0 fully saturated rings. The van der Waals surface area contributed by atoms with Gasteiger partial charge in [-0.25, -0.2) is 5.43 Å². The summed E-state index contributed by atoms with van der Waals surface area (Å²) in [5.74, 6) is 0. The summed E-state index contributed by atoms with van der Waals surface area (Å²) in [5, 5.41) is 0. The fourth-order valence-electron chi connectivity index (χ4n) is 3.38. The summed E-state index contributed by atoms with van der Waals surface area (Å²) in [5.41, 5.74) is 12.2. The molecule has 174 valence electrons. The standard InChI is InChI=1S/C29H38N4/c1-6-21-33(22-7-2)29-17-15-26(16-18-29)27(23-32-30-5)14-13-24(3)25(4)19-20-31-28-11-9-8-10-12-28/h8-11,13-20,23,30,32H,3-4,6-7,12,21-22H2,1-2,5H3/b14-13-,20-19-,27-23+,31-28-. The van der Waals surface area contributed by atoms with E-state index in [0.717, 1.165) is 60.3 Å². The van der Waals surface area contributed by atoms with Crippen LogP contribution < -0.4 is 15.8 Å². The number of hydrazine groups is 1. The number of hydrogen-bond donors (Lipinski definition) is 2. The molecule has 1 aromatic rings. The lowest BCUT2D eigenvalue weighted by atomic mass is 10.0. The van der Waals surface area contributed by atoms with Crippen LogP contribution in [-0.2, 0) is 0 Å². The molecular formula is C29H38N4. The van der Waals surface area contributed by atoms with Crippen molar-refractivity contribution in [3.8, 4) is 0 Å². The molecule has 0 unspecified atom stereocenters. The van der Waals surface area contributed by atoms with Crippen LogP contribution in [0.25, 0.3) is 5.57 Å². The lowest BCUT2D eigenvalue weighted by molar-refractivity contribution is 0.732. The Kier molecular flexibility index (Phi) is 11.5. The van der Waals surface area contributed by atoms with Crippen LogP contribution in [0.5, 0.6) is 0 Å². The molecule has 0 saturated carbocycles. The van der Waals surface area contributed by atoms with E-state index in [1.807, 2.05) is 43.6 Å². The molecule has 4 nitrogen and oxygen atoms in total. The van der Waals surface area contributed by atoms with Crippen LogP contribution in [0.4, 0.5) is 5.69 Å². The van der Waals surface area contributed by atoms with Gasteiger partial charge in [-0.1, -0.05) is 69.5 Å². The first-order chi connectivity index (χ1) is 16.1. The van der Waals surface area contributed by atoms with Crippen molar-refractivity contribution in [1.82, 2.24) is 10.9 Å². The van der Waals surface area contributed by atoms with Crippen LogP contribution in [-0.4, -0.2) is 25.8 Å². The molecule has 0 atom stereocenters. The van der Waals surface area contributed by atoms with Gasteiger partial charge in [0.05, 0.1) is 0 Å². The third-order valence-electron chi connectivity index (χ3n) is 5.18.